The molecule has 1 atom stereocenters. The third-order valence-corrected chi connectivity index (χ3v) is 5.52. The second-order valence-corrected chi connectivity index (χ2v) is 8.84. The predicted molar refractivity (Wildman–Crippen MR) is 104 cm³/mol. The van der Waals surface area contributed by atoms with E-state index >= 15 is 0 Å². The minimum absolute atomic E-state index is 0.105. The SMILES string of the molecule is CCC(C)(C)c1cc(C2=CCC(C)C(C=O)=C2)cc(C(C)(C)C)c1. The van der Waals surface area contributed by atoms with Gasteiger partial charge in [0.15, 0.2) is 0 Å². The molecule has 0 N–H and O–H groups in total. The molecule has 24 heavy (non-hydrogen) atoms. The number of hydrogen-bond acceptors (Lipinski definition) is 1. The van der Waals surface area contributed by atoms with Gasteiger partial charge in [-0.25, -0.2) is 0 Å². The molecular formula is C23H32O. The van der Waals surface area contributed by atoms with E-state index in [0.29, 0.717) is 5.92 Å². The lowest BCUT2D eigenvalue weighted by molar-refractivity contribution is -0.105. The van der Waals surface area contributed by atoms with Crippen molar-refractivity contribution in [3.8, 4) is 0 Å². The highest BCUT2D eigenvalue weighted by molar-refractivity contribution is 5.85. The number of carbonyl (C=O) groups is 1. The van der Waals surface area contributed by atoms with E-state index in [9.17, 15) is 4.79 Å². The van der Waals surface area contributed by atoms with Gasteiger partial charge in [-0.15, -0.1) is 0 Å². The van der Waals surface area contributed by atoms with Crippen molar-refractivity contribution < 1.29 is 4.79 Å². The van der Waals surface area contributed by atoms with Gasteiger partial charge in [-0.2, -0.15) is 0 Å². The Hall–Kier alpha value is -1.63. The zero-order valence-electron chi connectivity index (χ0n) is 16.4. The third kappa shape index (κ3) is 3.88. The maximum atomic E-state index is 11.4. The lowest BCUT2D eigenvalue weighted by Gasteiger charge is -2.29. The van der Waals surface area contributed by atoms with Gasteiger partial charge in [0.25, 0.3) is 0 Å². The van der Waals surface area contributed by atoms with Crippen molar-refractivity contribution in [3.05, 3.63) is 52.6 Å². The standard InChI is InChI=1S/C23H32O/c1-8-23(6,7)21-13-18(12-20(14-21)22(3,4)5)17-10-9-16(2)19(11-17)15-24/h10-16H,8-9H2,1-7H3. The first-order chi connectivity index (χ1) is 11.1. The normalized spacial score (nSPS) is 18.9. The van der Waals surface area contributed by atoms with Gasteiger partial charge in [-0.1, -0.05) is 72.7 Å². The first-order valence-corrected chi connectivity index (χ1v) is 9.12. The summed E-state index contributed by atoms with van der Waals surface area (Å²) < 4.78 is 0. The van der Waals surface area contributed by atoms with Gasteiger partial charge < -0.3 is 0 Å². The maximum Gasteiger partial charge on any atom is 0.146 e. The third-order valence-electron chi connectivity index (χ3n) is 5.52. The summed E-state index contributed by atoms with van der Waals surface area (Å²) in [4.78, 5) is 11.4. The van der Waals surface area contributed by atoms with Crippen LogP contribution in [-0.4, -0.2) is 6.29 Å². The molecule has 1 aliphatic carbocycles. The summed E-state index contributed by atoms with van der Waals surface area (Å²) in [5.74, 6) is 0.323. The molecule has 0 spiro atoms. The number of aldehydes is 1. The molecular weight excluding hydrogens is 292 g/mol. The van der Waals surface area contributed by atoms with Crippen molar-refractivity contribution in [1.29, 1.82) is 0 Å². The Morgan fingerprint density at radius 1 is 1.08 bits per heavy atom. The van der Waals surface area contributed by atoms with E-state index < -0.39 is 0 Å². The van der Waals surface area contributed by atoms with Gasteiger partial charge in [0.05, 0.1) is 0 Å². The molecule has 0 saturated carbocycles. The van der Waals surface area contributed by atoms with E-state index in [-0.39, 0.29) is 10.8 Å². The molecule has 1 unspecified atom stereocenters. The Bertz CT molecular complexity index is 680. The summed E-state index contributed by atoms with van der Waals surface area (Å²) in [6.07, 6.45) is 7.41. The highest BCUT2D eigenvalue weighted by Crippen LogP contribution is 2.36. The largest absolute Gasteiger partial charge is 0.298 e. The molecule has 1 aromatic carbocycles. The topological polar surface area (TPSA) is 17.1 Å². The Kier molecular flexibility index (Phi) is 5.22. The molecule has 130 valence electrons. The van der Waals surface area contributed by atoms with E-state index in [1.807, 2.05) is 0 Å². The summed E-state index contributed by atoms with van der Waals surface area (Å²) in [5.41, 5.74) is 6.33. The van der Waals surface area contributed by atoms with Crippen LogP contribution < -0.4 is 0 Å². The molecule has 2 rings (SSSR count). The van der Waals surface area contributed by atoms with E-state index in [2.05, 4.69) is 78.8 Å². The predicted octanol–water partition coefficient (Wildman–Crippen LogP) is 6.22. The fourth-order valence-electron chi connectivity index (χ4n) is 2.99. The van der Waals surface area contributed by atoms with Gasteiger partial charge in [-0.05, 0) is 63.5 Å². The average molecular weight is 325 g/mol. The second kappa shape index (κ2) is 6.70. The smallest absolute Gasteiger partial charge is 0.146 e. The molecule has 1 heteroatoms. The molecule has 0 aliphatic heterocycles. The van der Waals surface area contributed by atoms with Crippen LogP contribution >= 0.6 is 0 Å². The van der Waals surface area contributed by atoms with Crippen molar-refractivity contribution >= 4 is 11.9 Å². The molecule has 0 radical (unpaired) electrons. The average Bonchev–Trinajstić information content (AvgIpc) is 2.54. The zero-order chi connectivity index (χ0) is 18.1. The Morgan fingerprint density at radius 2 is 1.71 bits per heavy atom. The molecule has 0 aromatic heterocycles. The van der Waals surface area contributed by atoms with Crippen LogP contribution in [0.3, 0.4) is 0 Å². The molecule has 0 bridgehead atoms. The molecule has 1 nitrogen and oxygen atoms in total. The molecule has 1 aliphatic rings. The first kappa shape index (κ1) is 18.7. The number of allylic oxidation sites excluding steroid dienone is 4. The van der Waals surface area contributed by atoms with Crippen LogP contribution in [0.2, 0.25) is 0 Å². The van der Waals surface area contributed by atoms with Crippen molar-refractivity contribution in [2.24, 2.45) is 5.92 Å². The second-order valence-electron chi connectivity index (χ2n) is 8.84. The molecule has 1 aromatic rings. The Morgan fingerprint density at radius 3 is 2.25 bits per heavy atom. The van der Waals surface area contributed by atoms with Crippen molar-refractivity contribution in [2.45, 2.75) is 72.1 Å². The summed E-state index contributed by atoms with van der Waals surface area (Å²) in [6.45, 7) is 15.8. The minimum Gasteiger partial charge on any atom is -0.298 e. The molecule has 0 fully saturated rings. The van der Waals surface area contributed by atoms with Gasteiger partial charge >= 0.3 is 0 Å². The monoisotopic (exact) mass is 324 g/mol. The number of rotatable bonds is 4. The van der Waals surface area contributed by atoms with Gasteiger partial charge in [-0.3, -0.25) is 4.79 Å². The lowest BCUT2D eigenvalue weighted by Crippen LogP contribution is -2.19. The van der Waals surface area contributed by atoms with E-state index in [1.54, 1.807) is 0 Å². The number of benzene rings is 1. The fourth-order valence-corrected chi connectivity index (χ4v) is 2.99. The number of hydrogen-bond donors (Lipinski definition) is 0. The van der Waals surface area contributed by atoms with Crippen molar-refractivity contribution in [2.75, 3.05) is 0 Å². The number of carbonyl (C=O) groups excluding carboxylic acids is 1. The van der Waals surface area contributed by atoms with Gasteiger partial charge in [0.2, 0.25) is 0 Å². The van der Waals surface area contributed by atoms with Crippen LogP contribution in [0.5, 0.6) is 0 Å². The summed E-state index contributed by atoms with van der Waals surface area (Å²) in [7, 11) is 0. The highest BCUT2D eigenvalue weighted by atomic mass is 16.1. The van der Waals surface area contributed by atoms with Crippen LogP contribution in [-0.2, 0) is 15.6 Å². The van der Waals surface area contributed by atoms with Crippen LogP contribution in [0.25, 0.3) is 5.57 Å². The molecule has 0 heterocycles. The first-order valence-electron chi connectivity index (χ1n) is 9.12. The van der Waals surface area contributed by atoms with Crippen LogP contribution in [0.4, 0.5) is 0 Å². The Labute approximate surface area is 147 Å². The van der Waals surface area contributed by atoms with Crippen LogP contribution in [0, 0.1) is 5.92 Å². The fraction of sp³-hybridized carbons (Fsp3) is 0.522. The quantitative estimate of drug-likeness (QED) is 0.601. The minimum atomic E-state index is 0.105. The maximum absolute atomic E-state index is 11.4. The van der Waals surface area contributed by atoms with Gasteiger partial charge in [0, 0.05) is 0 Å². The van der Waals surface area contributed by atoms with Crippen molar-refractivity contribution in [1.82, 2.24) is 0 Å². The summed E-state index contributed by atoms with van der Waals surface area (Å²) in [5, 5.41) is 0. The zero-order valence-corrected chi connectivity index (χ0v) is 16.4. The Balaban J connectivity index is 2.60. The van der Waals surface area contributed by atoms with Crippen LogP contribution in [0.1, 0.15) is 78.0 Å². The van der Waals surface area contributed by atoms with Crippen LogP contribution in [0.15, 0.2) is 35.9 Å². The van der Waals surface area contributed by atoms with Crippen molar-refractivity contribution in [3.63, 3.8) is 0 Å². The molecule has 0 amide bonds. The summed E-state index contributed by atoms with van der Waals surface area (Å²) >= 11 is 0. The lowest BCUT2D eigenvalue weighted by atomic mass is 9.76. The van der Waals surface area contributed by atoms with E-state index in [1.165, 1.54) is 22.3 Å². The van der Waals surface area contributed by atoms with Gasteiger partial charge in [0.1, 0.15) is 6.29 Å². The highest BCUT2D eigenvalue weighted by Gasteiger charge is 2.24. The van der Waals surface area contributed by atoms with E-state index in [0.717, 1.165) is 24.7 Å². The molecule has 0 saturated heterocycles. The summed E-state index contributed by atoms with van der Waals surface area (Å²) in [6, 6.07) is 6.98. The van der Waals surface area contributed by atoms with E-state index in [4.69, 9.17) is 0 Å².